The number of carbonyl (C=O) groups excluding carboxylic acids is 7. The Balaban J connectivity index is 2.42. The Morgan fingerprint density at radius 2 is 1.55 bits per heavy atom. The van der Waals surface area contributed by atoms with E-state index < -0.39 is 29.9 Å². The molecular weight excluding hydrogens is 521 g/mol. The Morgan fingerprint density at radius 1 is 0.875 bits per heavy atom. The summed E-state index contributed by atoms with van der Waals surface area (Å²) in [5.41, 5.74) is 4.82. The number of hydrogen-bond acceptors (Lipinski definition) is 8. The standard InChI is InChI=1S/C25H42BN7O7/c1-16(2)22(24(39)32-17(7-6-11-30-25(27)40)23(38)31-15-18(26)34)29-13-12-28-19(35)8-4-3-5-14-33-20(36)9-10-21(33)37/h9-10,16-17,22,29H,3-8,11-15,26H2,1-2H3,(H,28,35)(H,31,38)(H,32,39)(H3,27,30,40)/t17-,22?/m0/s1. The molecule has 0 aromatic rings. The number of primary amides is 1. The quantitative estimate of drug-likeness (QED) is 0.0525. The summed E-state index contributed by atoms with van der Waals surface area (Å²) in [6.07, 6.45) is 5.31. The molecule has 0 radical (unpaired) electrons. The molecule has 1 unspecified atom stereocenters. The van der Waals surface area contributed by atoms with Crippen LogP contribution >= 0.6 is 0 Å². The van der Waals surface area contributed by atoms with Crippen LogP contribution < -0.4 is 32.3 Å². The molecule has 1 aliphatic heterocycles. The van der Waals surface area contributed by atoms with Gasteiger partial charge >= 0.3 is 6.03 Å². The largest absolute Gasteiger partial charge is 0.355 e. The van der Waals surface area contributed by atoms with Gasteiger partial charge in [-0.25, -0.2) is 4.79 Å². The van der Waals surface area contributed by atoms with Gasteiger partial charge in [-0.15, -0.1) is 0 Å². The van der Waals surface area contributed by atoms with Crippen molar-refractivity contribution in [1.29, 1.82) is 0 Å². The molecule has 7 amide bonds. The van der Waals surface area contributed by atoms with Crippen LogP contribution in [0.3, 0.4) is 0 Å². The second-order valence-corrected chi connectivity index (χ2v) is 9.91. The number of nitrogens with two attached hydrogens (primary N) is 1. The molecule has 1 rings (SSSR count). The average Bonchev–Trinajstić information content (AvgIpc) is 3.20. The van der Waals surface area contributed by atoms with Crippen molar-refractivity contribution in [3.63, 3.8) is 0 Å². The van der Waals surface area contributed by atoms with Gasteiger partial charge in [0.2, 0.25) is 17.7 Å². The Kier molecular flexibility index (Phi) is 15.9. The van der Waals surface area contributed by atoms with E-state index in [1.165, 1.54) is 24.9 Å². The lowest BCUT2D eigenvalue weighted by atomic mass is 10.0. The molecule has 7 N–H and O–H groups in total. The molecule has 1 aliphatic rings. The van der Waals surface area contributed by atoms with Crippen LogP contribution in [0, 0.1) is 5.92 Å². The van der Waals surface area contributed by atoms with Gasteiger partial charge in [-0.1, -0.05) is 20.3 Å². The maximum Gasteiger partial charge on any atom is 0.312 e. The predicted molar refractivity (Wildman–Crippen MR) is 149 cm³/mol. The number of hydrogen-bond donors (Lipinski definition) is 6. The highest BCUT2D eigenvalue weighted by Gasteiger charge is 2.27. The van der Waals surface area contributed by atoms with Crippen molar-refractivity contribution in [2.75, 3.05) is 32.7 Å². The lowest BCUT2D eigenvalue weighted by Gasteiger charge is -2.25. The molecule has 222 valence electrons. The van der Waals surface area contributed by atoms with Crippen LogP contribution in [-0.4, -0.2) is 98.8 Å². The van der Waals surface area contributed by atoms with Crippen molar-refractivity contribution >= 4 is 49.1 Å². The molecule has 0 saturated heterocycles. The molecule has 15 heteroatoms. The van der Waals surface area contributed by atoms with E-state index in [1.54, 1.807) is 0 Å². The van der Waals surface area contributed by atoms with Crippen molar-refractivity contribution in [1.82, 2.24) is 31.5 Å². The van der Waals surface area contributed by atoms with Gasteiger partial charge in [0, 0.05) is 44.8 Å². The molecule has 0 aliphatic carbocycles. The molecule has 0 fully saturated rings. The summed E-state index contributed by atoms with van der Waals surface area (Å²) >= 11 is 0. The lowest BCUT2D eigenvalue weighted by molar-refractivity contribution is -0.137. The fraction of sp³-hybridized carbons (Fsp3) is 0.640. The zero-order valence-corrected chi connectivity index (χ0v) is 23.5. The van der Waals surface area contributed by atoms with Gasteiger partial charge in [-0.05, 0) is 31.6 Å². The van der Waals surface area contributed by atoms with Crippen molar-refractivity contribution in [3.8, 4) is 0 Å². The van der Waals surface area contributed by atoms with Gasteiger partial charge in [0.15, 0.2) is 7.85 Å². The van der Waals surface area contributed by atoms with Gasteiger partial charge < -0.3 is 37.1 Å². The van der Waals surface area contributed by atoms with Crippen molar-refractivity contribution in [2.45, 2.75) is 64.5 Å². The molecule has 0 bridgehead atoms. The number of urea groups is 1. The van der Waals surface area contributed by atoms with E-state index in [1.807, 2.05) is 13.8 Å². The maximum absolute atomic E-state index is 13.0. The van der Waals surface area contributed by atoms with E-state index in [-0.39, 0.29) is 48.8 Å². The number of carbonyl (C=O) groups is 7. The number of unbranched alkanes of at least 4 members (excludes halogenated alkanes) is 2. The third-order valence-corrected chi connectivity index (χ3v) is 6.06. The van der Waals surface area contributed by atoms with E-state index in [0.29, 0.717) is 51.7 Å². The molecular formula is C25H42BN7O7. The zero-order chi connectivity index (χ0) is 30.1. The number of rotatable bonds is 20. The number of imide groups is 1. The topological polar surface area (TPSA) is 209 Å². The van der Waals surface area contributed by atoms with Crippen LogP contribution in [0.5, 0.6) is 0 Å². The Hall–Kier alpha value is -3.75. The highest BCUT2D eigenvalue weighted by Crippen LogP contribution is 2.08. The minimum absolute atomic E-state index is 0.127. The Labute approximate surface area is 235 Å². The first kappa shape index (κ1) is 34.3. The molecule has 1 heterocycles. The summed E-state index contributed by atoms with van der Waals surface area (Å²) in [4.78, 5) is 84.0. The highest BCUT2D eigenvalue weighted by molar-refractivity contribution is 6.58. The summed E-state index contributed by atoms with van der Waals surface area (Å²) in [6.45, 7) is 4.69. The first-order chi connectivity index (χ1) is 18.9. The second kappa shape index (κ2) is 18.5. The van der Waals surface area contributed by atoms with E-state index in [4.69, 9.17) is 5.73 Å². The minimum Gasteiger partial charge on any atom is -0.355 e. The summed E-state index contributed by atoms with van der Waals surface area (Å²) in [5, 5.41) is 13.5. The molecule has 40 heavy (non-hydrogen) atoms. The van der Waals surface area contributed by atoms with Crippen LogP contribution in [0.2, 0.25) is 0 Å². The number of nitrogens with one attached hydrogen (secondary N) is 5. The van der Waals surface area contributed by atoms with Gasteiger partial charge in [0.25, 0.3) is 11.8 Å². The van der Waals surface area contributed by atoms with Crippen molar-refractivity contribution < 1.29 is 33.6 Å². The Morgan fingerprint density at radius 3 is 2.15 bits per heavy atom. The first-order valence-corrected chi connectivity index (χ1v) is 13.6. The van der Waals surface area contributed by atoms with Gasteiger partial charge in [0.05, 0.1) is 12.6 Å². The summed E-state index contributed by atoms with van der Waals surface area (Å²) < 4.78 is 0. The van der Waals surface area contributed by atoms with Crippen LogP contribution in [-0.2, 0) is 28.8 Å². The van der Waals surface area contributed by atoms with Crippen LogP contribution in [0.1, 0.15) is 52.4 Å². The Bertz CT molecular complexity index is 940. The third-order valence-electron chi connectivity index (χ3n) is 6.06. The predicted octanol–water partition coefficient (Wildman–Crippen LogP) is -2.59. The van der Waals surface area contributed by atoms with Crippen LogP contribution in [0.15, 0.2) is 12.2 Å². The minimum atomic E-state index is -0.915. The molecule has 14 nitrogen and oxygen atoms in total. The highest BCUT2D eigenvalue weighted by atomic mass is 16.2. The van der Waals surface area contributed by atoms with Gasteiger partial charge in [-0.3, -0.25) is 28.9 Å². The normalized spacial score (nSPS) is 14.1. The van der Waals surface area contributed by atoms with E-state index >= 15 is 0 Å². The molecule has 0 saturated carbocycles. The zero-order valence-electron chi connectivity index (χ0n) is 23.5. The second-order valence-electron chi connectivity index (χ2n) is 9.91. The van der Waals surface area contributed by atoms with E-state index in [9.17, 15) is 33.6 Å². The third kappa shape index (κ3) is 13.9. The van der Waals surface area contributed by atoms with Crippen molar-refractivity contribution in [2.24, 2.45) is 11.7 Å². The SMILES string of the molecule is BC(=O)CNC(=O)[C@H](CCCNC(N)=O)NC(=O)C(NCCNC(=O)CCCCCN1C(=O)C=CC1=O)C(C)C. The maximum atomic E-state index is 13.0. The smallest absolute Gasteiger partial charge is 0.312 e. The average molecular weight is 563 g/mol. The fourth-order valence-corrected chi connectivity index (χ4v) is 3.92. The summed E-state index contributed by atoms with van der Waals surface area (Å²) in [6, 6.07) is -2.25. The molecule has 2 atom stereocenters. The summed E-state index contributed by atoms with van der Waals surface area (Å²) in [5.74, 6) is -1.81. The van der Waals surface area contributed by atoms with Crippen LogP contribution in [0.4, 0.5) is 4.79 Å². The van der Waals surface area contributed by atoms with E-state index in [0.717, 1.165) is 0 Å². The fourth-order valence-electron chi connectivity index (χ4n) is 3.92. The van der Waals surface area contributed by atoms with Gasteiger partial charge in [0.1, 0.15) is 11.7 Å². The molecule has 0 aromatic carbocycles. The first-order valence-electron chi connectivity index (χ1n) is 13.6. The van der Waals surface area contributed by atoms with E-state index in [2.05, 4.69) is 26.6 Å². The van der Waals surface area contributed by atoms with Crippen molar-refractivity contribution in [3.05, 3.63) is 12.2 Å². The lowest BCUT2D eigenvalue weighted by Crippen LogP contribution is -2.55. The number of nitrogens with zero attached hydrogens (tertiary/aromatic N) is 1. The monoisotopic (exact) mass is 563 g/mol. The summed E-state index contributed by atoms with van der Waals surface area (Å²) in [7, 11) is 1.34. The molecule has 0 spiro atoms. The van der Waals surface area contributed by atoms with Crippen LogP contribution in [0.25, 0.3) is 0 Å². The number of amides is 7. The van der Waals surface area contributed by atoms with Gasteiger partial charge in [-0.2, -0.15) is 0 Å². The molecule has 0 aromatic heterocycles.